The zero-order valence-electron chi connectivity index (χ0n) is 14.3. The monoisotopic (exact) mass is 345 g/mol. The van der Waals surface area contributed by atoms with Crippen LogP contribution >= 0.6 is 0 Å². The van der Waals surface area contributed by atoms with Gasteiger partial charge in [0.2, 0.25) is 0 Å². The summed E-state index contributed by atoms with van der Waals surface area (Å²) in [5.74, 6) is 0. The summed E-state index contributed by atoms with van der Waals surface area (Å²) in [6, 6.07) is 15.8. The summed E-state index contributed by atoms with van der Waals surface area (Å²) in [7, 11) is 0. The van der Waals surface area contributed by atoms with Gasteiger partial charge in [0, 0.05) is 12.2 Å². The zero-order chi connectivity index (χ0) is 17.9. The van der Waals surface area contributed by atoms with Crippen LogP contribution in [0.3, 0.4) is 0 Å². The Kier molecular flexibility index (Phi) is 4.40. The van der Waals surface area contributed by atoms with E-state index in [9.17, 15) is 4.79 Å². The van der Waals surface area contributed by atoms with Gasteiger partial charge in [0.1, 0.15) is 18.4 Å². The van der Waals surface area contributed by atoms with Crippen LogP contribution in [0, 0.1) is 11.3 Å². The molecule has 0 radical (unpaired) electrons. The van der Waals surface area contributed by atoms with E-state index in [-0.39, 0.29) is 18.2 Å². The van der Waals surface area contributed by atoms with Crippen molar-refractivity contribution in [3.8, 4) is 6.07 Å². The van der Waals surface area contributed by atoms with Crippen molar-refractivity contribution in [2.75, 3.05) is 0 Å². The fraction of sp³-hybridized carbons (Fsp3) is 0.286. The molecule has 130 valence electrons. The van der Waals surface area contributed by atoms with Crippen LogP contribution in [0.25, 0.3) is 5.57 Å². The van der Waals surface area contributed by atoms with E-state index in [0.717, 1.165) is 30.4 Å². The van der Waals surface area contributed by atoms with E-state index in [1.54, 1.807) is 6.20 Å². The highest BCUT2D eigenvalue weighted by molar-refractivity contribution is 5.75. The van der Waals surface area contributed by atoms with Crippen LogP contribution in [-0.2, 0) is 11.3 Å². The zero-order valence-corrected chi connectivity index (χ0v) is 14.3. The molecule has 1 amide bonds. The third-order valence-corrected chi connectivity index (χ3v) is 5.06. The van der Waals surface area contributed by atoms with Crippen molar-refractivity contribution in [1.29, 1.82) is 5.26 Å². The summed E-state index contributed by atoms with van der Waals surface area (Å²) in [5.41, 5.74) is 3.61. The van der Waals surface area contributed by atoms with Crippen LogP contribution in [-0.4, -0.2) is 28.1 Å². The Bertz CT molecular complexity index is 886. The molecule has 2 aromatic rings. The lowest BCUT2D eigenvalue weighted by atomic mass is 9.95. The minimum Gasteiger partial charge on any atom is -0.445 e. The number of fused-ring (bicyclic) bond motifs is 2. The Balaban J connectivity index is 1.48. The Labute approximate surface area is 152 Å². The summed E-state index contributed by atoms with van der Waals surface area (Å²) < 4.78 is 5.53. The normalized spacial score (nSPS) is 21.0. The van der Waals surface area contributed by atoms with E-state index >= 15 is 0 Å². The van der Waals surface area contributed by atoms with Gasteiger partial charge < -0.3 is 4.74 Å². The number of rotatable bonds is 3. The number of ether oxygens (including phenoxy) is 1. The van der Waals surface area contributed by atoms with Crippen LogP contribution in [0.1, 0.15) is 36.1 Å². The van der Waals surface area contributed by atoms with Gasteiger partial charge in [0.25, 0.3) is 0 Å². The maximum absolute atomic E-state index is 12.6. The molecule has 26 heavy (non-hydrogen) atoms. The molecule has 5 heteroatoms. The molecule has 2 aliphatic heterocycles. The number of nitrogens with zero attached hydrogens (tertiary/aromatic N) is 3. The molecule has 0 saturated carbocycles. The first kappa shape index (κ1) is 16.3. The number of hydrogen-bond donors (Lipinski definition) is 0. The van der Waals surface area contributed by atoms with Crippen LogP contribution in [0.5, 0.6) is 0 Å². The number of carbonyl (C=O) groups excluding carboxylic acids is 1. The van der Waals surface area contributed by atoms with Gasteiger partial charge in [0.15, 0.2) is 0 Å². The SMILES string of the molecule is N#Cc1cc(C2=CC3CCC(C2)N3C(=O)OCc2ccccc2)ccn1. The first-order valence-electron chi connectivity index (χ1n) is 8.81. The van der Waals surface area contributed by atoms with Crippen LogP contribution in [0.15, 0.2) is 54.7 Å². The van der Waals surface area contributed by atoms with Crippen molar-refractivity contribution in [3.63, 3.8) is 0 Å². The third-order valence-electron chi connectivity index (χ3n) is 5.06. The van der Waals surface area contributed by atoms with Crippen LogP contribution in [0.2, 0.25) is 0 Å². The molecule has 2 bridgehead atoms. The Morgan fingerprint density at radius 3 is 2.88 bits per heavy atom. The van der Waals surface area contributed by atoms with E-state index in [4.69, 9.17) is 10.00 Å². The molecular weight excluding hydrogens is 326 g/mol. The minimum atomic E-state index is -0.246. The molecule has 2 atom stereocenters. The van der Waals surface area contributed by atoms with Gasteiger partial charge in [-0.15, -0.1) is 0 Å². The number of benzene rings is 1. The highest BCUT2D eigenvalue weighted by Gasteiger charge is 2.40. The molecule has 1 aromatic heterocycles. The summed E-state index contributed by atoms with van der Waals surface area (Å²) in [6.07, 6.45) is 6.27. The fourth-order valence-corrected chi connectivity index (χ4v) is 3.81. The van der Waals surface area contributed by atoms with Gasteiger partial charge in [-0.2, -0.15) is 5.26 Å². The van der Waals surface area contributed by atoms with Gasteiger partial charge in [-0.3, -0.25) is 4.90 Å². The van der Waals surface area contributed by atoms with Gasteiger partial charge in [-0.1, -0.05) is 36.4 Å². The van der Waals surface area contributed by atoms with Gasteiger partial charge in [-0.25, -0.2) is 9.78 Å². The van der Waals surface area contributed by atoms with E-state index < -0.39 is 0 Å². The molecule has 0 aliphatic carbocycles. The first-order chi connectivity index (χ1) is 12.7. The minimum absolute atomic E-state index is 0.0609. The molecular formula is C21H19N3O2. The molecule has 0 N–H and O–H groups in total. The Morgan fingerprint density at radius 2 is 2.12 bits per heavy atom. The maximum Gasteiger partial charge on any atom is 0.410 e. The molecule has 1 fully saturated rings. The van der Waals surface area contributed by atoms with Crippen molar-refractivity contribution in [3.05, 3.63) is 71.6 Å². The molecule has 4 rings (SSSR count). The van der Waals surface area contributed by atoms with Crippen molar-refractivity contribution in [1.82, 2.24) is 9.88 Å². The maximum atomic E-state index is 12.6. The quantitative estimate of drug-likeness (QED) is 0.846. The second-order valence-corrected chi connectivity index (χ2v) is 6.68. The number of aromatic nitrogens is 1. The molecule has 5 nitrogen and oxygen atoms in total. The lowest BCUT2D eigenvalue weighted by Crippen LogP contribution is -2.43. The van der Waals surface area contributed by atoms with Crippen molar-refractivity contribution < 1.29 is 9.53 Å². The summed E-state index contributed by atoms with van der Waals surface area (Å²) >= 11 is 0. The largest absolute Gasteiger partial charge is 0.445 e. The summed E-state index contributed by atoms with van der Waals surface area (Å²) in [5, 5.41) is 9.04. The standard InChI is InChI=1S/C21H19N3O2/c22-13-18-10-16(8-9-23-18)17-11-19-6-7-20(12-17)24(19)21(25)26-14-15-4-2-1-3-5-15/h1-5,8-11,19-20H,6-7,12,14H2. The predicted octanol–water partition coefficient (Wildman–Crippen LogP) is 3.91. The molecule has 3 heterocycles. The van der Waals surface area contributed by atoms with Gasteiger partial charge in [-0.05, 0) is 48.1 Å². The average molecular weight is 345 g/mol. The number of pyridine rings is 1. The Morgan fingerprint density at radius 1 is 1.27 bits per heavy atom. The third kappa shape index (κ3) is 3.18. The highest BCUT2D eigenvalue weighted by atomic mass is 16.6. The van der Waals surface area contributed by atoms with Crippen molar-refractivity contribution in [2.24, 2.45) is 0 Å². The molecule has 2 unspecified atom stereocenters. The second kappa shape index (κ2) is 7.01. The summed E-state index contributed by atoms with van der Waals surface area (Å²) in [4.78, 5) is 18.5. The number of carbonyl (C=O) groups is 1. The van der Waals surface area contributed by atoms with Crippen LogP contribution in [0.4, 0.5) is 4.79 Å². The second-order valence-electron chi connectivity index (χ2n) is 6.68. The molecule has 2 aliphatic rings. The molecule has 0 spiro atoms. The smallest absolute Gasteiger partial charge is 0.410 e. The van der Waals surface area contributed by atoms with E-state index in [0.29, 0.717) is 12.3 Å². The van der Waals surface area contributed by atoms with E-state index in [2.05, 4.69) is 17.1 Å². The first-order valence-corrected chi connectivity index (χ1v) is 8.81. The molecule has 1 saturated heterocycles. The lowest BCUT2D eigenvalue weighted by molar-refractivity contribution is 0.0832. The molecule has 1 aromatic carbocycles. The highest BCUT2D eigenvalue weighted by Crippen LogP contribution is 2.39. The number of amides is 1. The average Bonchev–Trinajstić information content (AvgIpc) is 2.96. The van der Waals surface area contributed by atoms with Crippen molar-refractivity contribution in [2.45, 2.75) is 38.0 Å². The van der Waals surface area contributed by atoms with Gasteiger partial charge >= 0.3 is 6.09 Å². The van der Waals surface area contributed by atoms with E-state index in [1.165, 1.54) is 5.57 Å². The lowest BCUT2D eigenvalue weighted by Gasteiger charge is -2.33. The fourth-order valence-electron chi connectivity index (χ4n) is 3.81. The van der Waals surface area contributed by atoms with Crippen molar-refractivity contribution >= 4 is 11.7 Å². The van der Waals surface area contributed by atoms with Crippen LogP contribution < -0.4 is 0 Å². The van der Waals surface area contributed by atoms with E-state index in [1.807, 2.05) is 47.4 Å². The number of nitriles is 1. The van der Waals surface area contributed by atoms with Gasteiger partial charge in [0.05, 0.1) is 6.04 Å². The Hall–Kier alpha value is -3.13. The topological polar surface area (TPSA) is 66.2 Å². The predicted molar refractivity (Wildman–Crippen MR) is 96.8 cm³/mol. The summed E-state index contributed by atoms with van der Waals surface area (Å²) in [6.45, 7) is 0.294. The number of hydrogen-bond acceptors (Lipinski definition) is 4.